The minimum Gasteiger partial charge on any atom is -0.434 e. The predicted octanol–water partition coefficient (Wildman–Crippen LogP) is 5.76. The Morgan fingerprint density at radius 1 is 0.536 bits per heavy atom. The van der Waals surface area contributed by atoms with Gasteiger partial charge in [0.05, 0.1) is 13.2 Å². The standard InChI is InChI=1S/C22H26O6/c23-21(27-19-13-7-5-8-14-19)25-17-11-3-1-2-4-12-18-26-22(24)28-20-15-9-6-10-16-20/h5-10,13-16H,1-4,11-12,17-18H2. The lowest BCUT2D eigenvalue weighted by atomic mass is 10.1. The van der Waals surface area contributed by atoms with Crippen molar-refractivity contribution < 1.29 is 28.5 Å². The lowest BCUT2D eigenvalue weighted by Crippen LogP contribution is -2.11. The van der Waals surface area contributed by atoms with Gasteiger partial charge in [-0.25, -0.2) is 9.59 Å². The largest absolute Gasteiger partial charge is 0.513 e. The molecule has 28 heavy (non-hydrogen) atoms. The number of hydrogen-bond donors (Lipinski definition) is 0. The van der Waals surface area contributed by atoms with E-state index >= 15 is 0 Å². The molecule has 0 radical (unpaired) electrons. The van der Waals surface area contributed by atoms with Gasteiger partial charge in [0.1, 0.15) is 11.5 Å². The molecule has 0 spiro atoms. The Morgan fingerprint density at radius 2 is 0.893 bits per heavy atom. The smallest absolute Gasteiger partial charge is 0.434 e. The molecule has 0 amide bonds. The molecule has 2 aromatic rings. The van der Waals surface area contributed by atoms with Crippen molar-refractivity contribution in [3.05, 3.63) is 60.7 Å². The highest BCUT2D eigenvalue weighted by Crippen LogP contribution is 2.11. The van der Waals surface area contributed by atoms with E-state index in [2.05, 4.69) is 0 Å². The highest BCUT2D eigenvalue weighted by molar-refractivity contribution is 5.64. The van der Waals surface area contributed by atoms with Gasteiger partial charge in [-0.1, -0.05) is 62.1 Å². The molecule has 0 bridgehead atoms. The zero-order valence-corrected chi connectivity index (χ0v) is 15.9. The lowest BCUT2D eigenvalue weighted by molar-refractivity contribution is 0.0952. The van der Waals surface area contributed by atoms with Gasteiger partial charge in [0.2, 0.25) is 0 Å². The molecule has 0 heterocycles. The molecule has 0 aliphatic carbocycles. The highest BCUT2D eigenvalue weighted by atomic mass is 16.7. The van der Waals surface area contributed by atoms with E-state index in [4.69, 9.17) is 18.9 Å². The van der Waals surface area contributed by atoms with Crippen LogP contribution in [-0.4, -0.2) is 25.5 Å². The Balaban J connectivity index is 1.37. The summed E-state index contributed by atoms with van der Waals surface area (Å²) in [6.45, 7) is 0.695. The Hall–Kier alpha value is -3.02. The second kappa shape index (κ2) is 13.2. The molecule has 0 aliphatic heterocycles. The Labute approximate surface area is 165 Å². The summed E-state index contributed by atoms with van der Waals surface area (Å²) in [4.78, 5) is 23.0. The fourth-order valence-corrected chi connectivity index (χ4v) is 2.45. The van der Waals surface area contributed by atoms with E-state index in [1.54, 1.807) is 48.5 Å². The van der Waals surface area contributed by atoms with Crippen molar-refractivity contribution in [3.63, 3.8) is 0 Å². The first-order chi connectivity index (χ1) is 13.7. The maximum absolute atomic E-state index is 11.5. The number of unbranched alkanes of at least 4 members (excludes halogenated alkanes) is 5. The van der Waals surface area contributed by atoms with Crippen LogP contribution in [0.25, 0.3) is 0 Å². The third kappa shape index (κ3) is 9.62. The van der Waals surface area contributed by atoms with Gasteiger partial charge in [-0.3, -0.25) is 0 Å². The van der Waals surface area contributed by atoms with Gasteiger partial charge in [0.15, 0.2) is 0 Å². The van der Waals surface area contributed by atoms with Gasteiger partial charge in [-0.2, -0.15) is 0 Å². The topological polar surface area (TPSA) is 71.1 Å². The van der Waals surface area contributed by atoms with Crippen molar-refractivity contribution in [3.8, 4) is 11.5 Å². The molecule has 6 nitrogen and oxygen atoms in total. The SMILES string of the molecule is O=C(OCCCCCCCCOC(=O)Oc1ccccc1)Oc1ccccc1. The Morgan fingerprint density at radius 3 is 1.29 bits per heavy atom. The first-order valence-electron chi connectivity index (χ1n) is 9.53. The van der Waals surface area contributed by atoms with Crippen molar-refractivity contribution >= 4 is 12.3 Å². The third-order valence-electron chi connectivity index (χ3n) is 3.87. The van der Waals surface area contributed by atoms with Crippen LogP contribution in [0.15, 0.2) is 60.7 Å². The van der Waals surface area contributed by atoms with Gasteiger partial charge >= 0.3 is 12.3 Å². The number of benzene rings is 2. The van der Waals surface area contributed by atoms with Crippen LogP contribution < -0.4 is 9.47 Å². The molecule has 2 rings (SSSR count). The Bertz CT molecular complexity index is 625. The van der Waals surface area contributed by atoms with E-state index in [1.165, 1.54) is 0 Å². The van der Waals surface area contributed by atoms with Crippen LogP contribution in [0.3, 0.4) is 0 Å². The summed E-state index contributed by atoms with van der Waals surface area (Å²) < 4.78 is 20.1. The third-order valence-corrected chi connectivity index (χ3v) is 3.87. The molecule has 150 valence electrons. The van der Waals surface area contributed by atoms with Gasteiger partial charge in [-0.15, -0.1) is 0 Å². The molecule has 2 aromatic carbocycles. The maximum atomic E-state index is 11.5. The Kier molecular flexibility index (Phi) is 10.0. The predicted molar refractivity (Wildman–Crippen MR) is 105 cm³/mol. The highest BCUT2D eigenvalue weighted by Gasteiger charge is 2.06. The van der Waals surface area contributed by atoms with Crippen LogP contribution in [0, 0.1) is 0 Å². The molecular weight excluding hydrogens is 360 g/mol. The lowest BCUT2D eigenvalue weighted by Gasteiger charge is -2.06. The molecule has 0 fully saturated rings. The first-order valence-corrected chi connectivity index (χ1v) is 9.53. The summed E-state index contributed by atoms with van der Waals surface area (Å²) in [5.41, 5.74) is 0. The van der Waals surface area contributed by atoms with Crippen LogP contribution in [0.5, 0.6) is 11.5 Å². The molecule has 0 atom stereocenters. The number of hydrogen-bond acceptors (Lipinski definition) is 6. The van der Waals surface area contributed by atoms with Crippen molar-refractivity contribution in [2.45, 2.75) is 38.5 Å². The molecule has 6 heteroatoms. The van der Waals surface area contributed by atoms with Crippen molar-refractivity contribution in [2.75, 3.05) is 13.2 Å². The second-order valence-corrected chi connectivity index (χ2v) is 6.15. The molecule has 0 unspecified atom stereocenters. The zero-order chi connectivity index (χ0) is 19.9. The zero-order valence-electron chi connectivity index (χ0n) is 15.9. The van der Waals surface area contributed by atoms with E-state index in [-0.39, 0.29) is 0 Å². The second-order valence-electron chi connectivity index (χ2n) is 6.15. The average molecular weight is 386 g/mol. The molecule has 0 saturated heterocycles. The van der Waals surface area contributed by atoms with Crippen LogP contribution in [0.4, 0.5) is 9.59 Å². The average Bonchev–Trinajstić information content (AvgIpc) is 2.71. The summed E-state index contributed by atoms with van der Waals surface area (Å²) in [6.07, 6.45) is 4.24. The number of ether oxygens (including phenoxy) is 4. The van der Waals surface area contributed by atoms with E-state index in [9.17, 15) is 9.59 Å². The van der Waals surface area contributed by atoms with Gasteiger partial charge in [0.25, 0.3) is 0 Å². The summed E-state index contributed by atoms with van der Waals surface area (Å²) in [7, 11) is 0. The summed E-state index contributed by atoms with van der Waals surface area (Å²) >= 11 is 0. The van der Waals surface area contributed by atoms with Gasteiger partial charge in [0, 0.05) is 0 Å². The van der Waals surface area contributed by atoms with Crippen LogP contribution in [0.1, 0.15) is 38.5 Å². The van der Waals surface area contributed by atoms with E-state index in [0.29, 0.717) is 24.7 Å². The number of carbonyl (C=O) groups excluding carboxylic acids is 2. The molecule has 0 aliphatic rings. The number of para-hydroxylation sites is 2. The van der Waals surface area contributed by atoms with E-state index in [0.717, 1.165) is 38.5 Å². The fourth-order valence-electron chi connectivity index (χ4n) is 2.45. The molecule has 0 aromatic heterocycles. The first kappa shape index (κ1) is 21.3. The van der Waals surface area contributed by atoms with Crippen molar-refractivity contribution in [2.24, 2.45) is 0 Å². The van der Waals surface area contributed by atoms with E-state index < -0.39 is 12.3 Å². The fraction of sp³-hybridized carbons (Fsp3) is 0.364. The quantitative estimate of drug-likeness (QED) is 0.278. The maximum Gasteiger partial charge on any atom is 0.513 e. The summed E-state index contributed by atoms with van der Waals surface area (Å²) in [5.74, 6) is 0.949. The van der Waals surface area contributed by atoms with Crippen molar-refractivity contribution in [1.29, 1.82) is 0 Å². The van der Waals surface area contributed by atoms with Crippen LogP contribution >= 0.6 is 0 Å². The molecule has 0 N–H and O–H groups in total. The number of carbonyl (C=O) groups is 2. The minimum absolute atomic E-state index is 0.347. The molecule has 0 saturated carbocycles. The van der Waals surface area contributed by atoms with Crippen LogP contribution in [0.2, 0.25) is 0 Å². The van der Waals surface area contributed by atoms with Gasteiger partial charge in [-0.05, 0) is 37.1 Å². The summed E-state index contributed by atoms with van der Waals surface area (Å²) in [5, 5.41) is 0. The molecular formula is C22H26O6. The summed E-state index contributed by atoms with van der Waals surface area (Å²) in [6, 6.07) is 17.7. The van der Waals surface area contributed by atoms with Gasteiger partial charge < -0.3 is 18.9 Å². The number of rotatable bonds is 11. The normalized spacial score (nSPS) is 10.1. The van der Waals surface area contributed by atoms with E-state index in [1.807, 2.05) is 12.1 Å². The van der Waals surface area contributed by atoms with Crippen LogP contribution in [-0.2, 0) is 9.47 Å². The minimum atomic E-state index is -0.675. The van der Waals surface area contributed by atoms with Crippen molar-refractivity contribution in [1.82, 2.24) is 0 Å². The monoisotopic (exact) mass is 386 g/mol.